The molecule has 2 aliphatic rings. The van der Waals surface area contributed by atoms with E-state index in [-0.39, 0.29) is 29.1 Å². The third-order valence-corrected chi connectivity index (χ3v) is 8.05. The second-order valence-corrected chi connectivity index (χ2v) is 11.6. The molecule has 1 N–H and O–H groups in total. The van der Waals surface area contributed by atoms with Crippen molar-refractivity contribution in [3.8, 4) is 0 Å². The van der Waals surface area contributed by atoms with E-state index in [1.54, 1.807) is 30.5 Å². The minimum atomic E-state index is -3.29. The molecule has 2 heterocycles. The Bertz CT molecular complexity index is 986. The van der Waals surface area contributed by atoms with E-state index < -0.39 is 9.84 Å². The zero-order valence-electron chi connectivity index (χ0n) is 18.2. The molecule has 2 fully saturated rings. The number of anilines is 1. The fraction of sp³-hybridized carbons (Fsp3) is 0.565. The summed E-state index contributed by atoms with van der Waals surface area (Å²) in [5.41, 5.74) is 0.812. The molecule has 4 atom stereocenters. The summed E-state index contributed by atoms with van der Waals surface area (Å²) in [7, 11) is -3.29. The first kappa shape index (κ1) is 23.4. The van der Waals surface area contributed by atoms with Crippen LogP contribution in [-0.4, -0.2) is 44.6 Å². The molecule has 9 heteroatoms. The first-order chi connectivity index (χ1) is 15.4. The molecule has 1 aromatic heterocycles. The number of rotatable bonds is 8. The third kappa shape index (κ3) is 6.15. The molecule has 1 aliphatic heterocycles. The minimum Gasteiger partial charge on any atom is -0.353 e. The predicted octanol–water partition coefficient (Wildman–Crippen LogP) is 4.37. The summed E-state index contributed by atoms with van der Waals surface area (Å²) >= 11 is 1.38. The van der Waals surface area contributed by atoms with Gasteiger partial charge in [-0.25, -0.2) is 13.4 Å². The number of aromatic nitrogens is 1. The highest BCUT2D eigenvalue weighted by Crippen LogP contribution is 2.37. The van der Waals surface area contributed by atoms with Crippen molar-refractivity contribution in [1.82, 2.24) is 4.98 Å². The Balaban J connectivity index is 1.44. The van der Waals surface area contributed by atoms with E-state index in [0.29, 0.717) is 17.5 Å². The summed E-state index contributed by atoms with van der Waals surface area (Å²) in [5.74, 6) is -0.153. The van der Waals surface area contributed by atoms with Gasteiger partial charge in [-0.2, -0.15) is 0 Å². The molecule has 0 spiro atoms. The van der Waals surface area contributed by atoms with Gasteiger partial charge in [-0.3, -0.25) is 4.79 Å². The molecular weight excluding hydrogens is 448 g/mol. The first-order valence-corrected chi connectivity index (χ1v) is 13.9. The lowest BCUT2D eigenvalue weighted by atomic mass is 9.87. The molecule has 174 valence electrons. The Morgan fingerprint density at radius 1 is 1.25 bits per heavy atom. The number of ether oxygens (including phenoxy) is 2. The van der Waals surface area contributed by atoms with Crippen molar-refractivity contribution in [3.63, 3.8) is 0 Å². The van der Waals surface area contributed by atoms with Crippen LogP contribution in [0, 0.1) is 5.92 Å². The molecule has 1 aliphatic carbocycles. The Hall–Kier alpha value is -1.81. The molecule has 1 saturated carbocycles. The quantitative estimate of drug-likeness (QED) is 0.605. The summed E-state index contributed by atoms with van der Waals surface area (Å²) in [5, 5.41) is 5.30. The van der Waals surface area contributed by atoms with E-state index in [0.717, 1.165) is 50.7 Å². The monoisotopic (exact) mass is 478 g/mol. The highest BCUT2D eigenvalue weighted by molar-refractivity contribution is 7.90. The van der Waals surface area contributed by atoms with Gasteiger partial charge < -0.3 is 14.8 Å². The molecular formula is C23H30N2O5S2. The number of nitrogens with one attached hydrogen (secondary N) is 1. The lowest BCUT2D eigenvalue weighted by molar-refractivity contribution is -0.186. The Labute approximate surface area is 193 Å². The number of carbonyl (C=O) groups is 1. The average molecular weight is 479 g/mol. The van der Waals surface area contributed by atoms with Crippen LogP contribution in [0.25, 0.3) is 0 Å². The summed E-state index contributed by atoms with van der Waals surface area (Å²) in [4.78, 5) is 17.6. The fourth-order valence-corrected chi connectivity index (χ4v) is 5.72. The van der Waals surface area contributed by atoms with Crippen LogP contribution in [0.5, 0.6) is 0 Å². The van der Waals surface area contributed by atoms with Gasteiger partial charge in [0.2, 0.25) is 5.91 Å². The van der Waals surface area contributed by atoms with E-state index in [4.69, 9.17) is 9.47 Å². The van der Waals surface area contributed by atoms with Crippen molar-refractivity contribution in [1.29, 1.82) is 0 Å². The molecule has 1 saturated heterocycles. The van der Waals surface area contributed by atoms with Crippen LogP contribution in [0.15, 0.2) is 40.7 Å². The summed E-state index contributed by atoms with van der Waals surface area (Å²) in [6.07, 6.45) is 9.66. The maximum absolute atomic E-state index is 13.2. The molecule has 32 heavy (non-hydrogen) atoms. The minimum absolute atomic E-state index is 0.0972. The van der Waals surface area contributed by atoms with Crippen LogP contribution in [-0.2, 0) is 24.1 Å². The Kier molecular flexibility index (Phi) is 7.60. The highest BCUT2D eigenvalue weighted by atomic mass is 32.2. The van der Waals surface area contributed by atoms with Crippen molar-refractivity contribution in [3.05, 3.63) is 41.4 Å². The van der Waals surface area contributed by atoms with Gasteiger partial charge in [0, 0.05) is 24.4 Å². The molecule has 1 aromatic carbocycles. The van der Waals surface area contributed by atoms with Gasteiger partial charge in [0.25, 0.3) is 0 Å². The first-order valence-electron chi connectivity index (χ1n) is 11.2. The highest BCUT2D eigenvalue weighted by Gasteiger charge is 2.33. The molecule has 1 amide bonds. The Morgan fingerprint density at radius 3 is 2.72 bits per heavy atom. The number of hydrogen-bond donors (Lipinski definition) is 1. The van der Waals surface area contributed by atoms with E-state index in [9.17, 15) is 13.2 Å². The van der Waals surface area contributed by atoms with E-state index in [1.165, 1.54) is 17.6 Å². The fourth-order valence-electron chi connectivity index (χ4n) is 4.55. The van der Waals surface area contributed by atoms with Crippen LogP contribution in [0.3, 0.4) is 0 Å². The van der Waals surface area contributed by atoms with Gasteiger partial charge in [0.15, 0.2) is 21.3 Å². The van der Waals surface area contributed by atoms with Gasteiger partial charge in [-0.05, 0) is 68.6 Å². The normalized spacial score (nSPS) is 24.8. The zero-order valence-corrected chi connectivity index (χ0v) is 19.9. The number of thiazole rings is 1. The molecule has 2 aromatic rings. The number of hydrogen-bond acceptors (Lipinski definition) is 7. The van der Waals surface area contributed by atoms with E-state index >= 15 is 0 Å². The predicted molar refractivity (Wildman–Crippen MR) is 123 cm³/mol. The van der Waals surface area contributed by atoms with Crippen molar-refractivity contribution >= 4 is 32.2 Å². The van der Waals surface area contributed by atoms with Crippen LogP contribution in [0.1, 0.15) is 56.4 Å². The van der Waals surface area contributed by atoms with Crippen molar-refractivity contribution in [2.45, 2.75) is 68.2 Å². The van der Waals surface area contributed by atoms with Gasteiger partial charge >= 0.3 is 0 Å². The van der Waals surface area contributed by atoms with Gasteiger partial charge in [0.05, 0.1) is 16.9 Å². The number of nitrogens with zero attached hydrogens (tertiary/aromatic N) is 1. The number of sulfone groups is 1. The van der Waals surface area contributed by atoms with Crippen molar-refractivity contribution in [2.24, 2.45) is 5.92 Å². The van der Waals surface area contributed by atoms with Crippen LogP contribution < -0.4 is 5.32 Å². The van der Waals surface area contributed by atoms with Crippen LogP contribution in [0.2, 0.25) is 0 Å². The SMILES string of the molecule is CS(=O)(=O)c1ccc(C(CC2CCC(OC3CCCCO3)C2)C(=O)Nc2nccs2)cc1. The van der Waals surface area contributed by atoms with Gasteiger partial charge in [-0.15, -0.1) is 11.3 Å². The molecule has 0 radical (unpaired) electrons. The summed E-state index contributed by atoms with van der Waals surface area (Å²) in [6.45, 7) is 0.767. The van der Waals surface area contributed by atoms with Crippen LogP contribution >= 0.6 is 11.3 Å². The van der Waals surface area contributed by atoms with Gasteiger partial charge in [-0.1, -0.05) is 12.1 Å². The molecule has 4 unspecified atom stereocenters. The average Bonchev–Trinajstić information content (AvgIpc) is 3.44. The Morgan fingerprint density at radius 2 is 2.06 bits per heavy atom. The maximum atomic E-state index is 13.2. The maximum Gasteiger partial charge on any atom is 0.233 e. The summed E-state index contributed by atoms with van der Waals surface area (Å²) < 4.78 is 35.5. The largest absolute Gasteiger partial charge is 0.353 e. The second kappa shape index (κ2) is 10.4. The van der Waals surface area contributed by atoms with Crippen LogP contribution in [0.4, 0.5) is 5.13 Å². The second-order valence-electron chi connectivity index (χ2n) is 8.69. The number of benzene rings is 1. The summed E-state index contributed by atoms with van der Waals surface area (Å²) in [6, 6.07) is 6.66. The topological polar surface area (TPSA) is 94.6 Å². The standard InChI is InChI=1S/C23H30N2O5S2/c1-32(27,28)19-9-6-17(7-10-19)20(22(26)25-23-24-11-13-31-23)15-16-5-8-18(14-16)30-21-4-2-3-12-29-21/h6-7,9-11,13,16,18,20-21H,2-5,8,12,14-15H2,1H3,(H,24,25,26). The lowest BCUT2D eigenvalue weighted by Gasteiger charge is -2.26. The zero-order chi connectivity index (χ0) is 22.6. The third-order valence-electron chi connectivity index (χ3n) is 6.23. The lowest BCUT2D eigenvalue weighted by Crippen LogP contribution is -2.27. The van der Waals surface area contributed by atoms with E-state index in [1.807, 2.05) is 5.38 Å². The van der Waals surface area contributed by atoms with Crippen molar-refractivity contribution < 1.29 is 22.7 Å². The smallest absolute Gasteiger partial charge is 0.233 e. The molecule has 4 rings (SSSR count). The number of carbonyl (C=O) groups excluding carboxylic acids is 1. The van der Waals surface area contributed by atoms with E-state index in [2.05, 4.69) is 10.3 Å². The van der Waals surface area contributed by atoms with Crippen molar-refractivity contribution in [2.75, 3.05) is 18.2 Å². The van der Waals surface area contributed by atoms with Gasteiger partial charge in [0.1, 0.15) is 0 Å². The molecule has 7 nitrogen and oxygen atoms in total. The molecule has 0 bridgehead atoms. The number of amides is 1.